The molecule has 0 spiro atoms. The molecule has 3 aromatic rings. The Morgan fingerprint density at radius 3 is 2.57 bits per heavy atom. The lowest BCUT2D eigenvalue weighted by Gasteiger charge is -2.20. The van der Waals surface area contributed by atoms with Gasteiger partial charge in [0.05, 0.1) is 6.21 Å². The Morgan fingerprint density at radius 2 is 1.79 bits per heavy atom. The lowest BCUT2D eigenvalue weighted by atomic mass is 9.93. The number of hydrazone groups is 1. The van der Waals surface area contributed by atoms with Gasteiger partial charge in [-0.05, 0) is 38.3 Å². The number of aromatic nitrogens is 1. The number of H-pyrrole nitrogens is 1. The van der Waals surface area contributed by atoms with Crippen LogP contribution in [0.3, 0.4) is 0 Å². The predicted molar refractivity (Wildman–Crippen MR) is 109 cm³/mol. The van der Waals surface area contributed by atoms with Crippen LogP contribution in [0, 0.1) is 6.92 Å². The zero-order chi connectivity index (χ0) is 19.7. The van der Waals surface area contributed by atoms with E-state index in [2.05, 4.69) is 15.4 Å². The number of urea groups is 1. The standard InChI is InChI=1S/C22H22N4O2/c1-15-18(17-10-6-7-11-19(17)24-15)14-23-26-20(27)22(2,25-21(26)28)13-12-16-8-4-3-5-9-16/h3-11,14,24H,12-13H2,1-2H3,(H,25,28)/b23-14+/t22-/m0/s1. The van der Waals surface area contributed by atoms with Crippen LogP contribution in [0.15, 0.2) is 59.7 Å². The molecule has 2 aromatic carbocycles. The average Bonchev–Trinajstić information content (AvgIpc) is 3.13. The van der Waals surface area contributed by atoms with E-state index in [0.29, 0.717) is 12.8 Å². The van der Waals surface area contributed by atoms with Gasteiger partial charge in [-0.2, -0.15) is 5.10 Å². The van der Waals surface area contributed by atoms with Gasteiger partial charge in [0.25, 0.3) is 5.91 Å². The summed E-state index contributed by atoms with van der Waals surface area (Å²) in [5.74, 6) is -0.331. The van der Waals surface area contributed by atoms with Gasteiger partial charge in [-0.1, -0.05) is 48.5 Å². The van der Waals surface area contributed by atoms with Gasteiger partial charge >= 0.3 is 6.03 Å². The second-order valence-corrected chi connectivity index (χ2v) is 7.32. The molecule has 2 heterocycles. The van der Waals surface area contributed by atoms with Gasteiger partial charge in [0.15, 0.2) is 0 Å². The highest BCUT2D eigenvalue weighted by Gasteiger charge is 2.47. The van der Waals surface area contributed by atoms with Crippen molar-refractivity contribution in [1.82, 2.24) is 15.3 Å². The fraction of sp³-hybridized carbons (Fsp3) is 0.227. The molecule has 1 fully saturated rings. The van der Waals surface area contributed by atoms with Crippen molar-refractivity contribution < 1.29 is 9.59 Å². The van der Waals surface area contributed by atoms with Gasteiger partial charge in [0, 0.05) is 22.2 Å². The highest BCUT2D eigenvalue weighted by atomic mass is 16.2. The smallest absolute Gasteiger partial charge is 0.346 e. The van der Waals surface area contributed by atoms with Crippen molar-refractivity contribution in [3.05, 3.63) is 71.4 Å². The molecule has 142 valence electrons. The summed E-state index contributed by atoms with van der Waals surface area (Å²) in [5, 5.41) is 8.95. The van der Waals surface area contributed by atoms with E-state index in [1.807, 2.05) is 61.5 Å². The van der Waals surface area contributed by atoms with E-state index in [0.717, 1.165) is 32.7 Å². The number of benzene rings is 2. The quantitative estimate of drug-likeness (QED) is 0.527. The van der Waals surface area contributed by atoms with Crippen molar-refractivity contribution in [2.75, 3.05) is 0 Å². The van der Waals surface area contributed by atoms with E-state index in [9.17, 15) is 9.59 Å². The molecule has 0 saturated carbocycles. The largest absolute Gasteiger partial charge is 0.358 e. The Kier molecular flexibility index (Phi) is 4.47. The summed E-state index contributed by atoms with van der Waals surface area (Å²) >= 11 is 0. The van der Waals surface area contributed by atoms with Gasteiger partial charge in [0.1, 0.15) is 5.54 Å². The highest BCUT2D eigenvalue weighted by molar-refractivity contribution is 6.08. The number of rotatable bonds is 5. The summed E-state index contributed by atoms with van der Waals surface area (Å²) in [6.07, 6.45) is 2.79. The average molecular weight is 374 g/mol. The van der Waals surface area contributed by atoms with Crippen LogP contribution in [0.4, 0.5) is 4.79 Å². The summed E-state index contributed by atoms with van der Waals surface area (Å²) in [5.41, 5.74) is 2.96. The number of fused-ring (bicyclic) bond motifs is 1. The second-order valence-electron chi connectivity index (χ2n) is 7.32. The van der Waals surface area contributed by atoms with E-state index < -0.39 is 11.6 Å². The van der Waals surface area contributed by atoms with Crippen LogP contribution >= 0.6 is 0 Å². The summed E-state index contributed by atoms with van der Waals surface area (Å²) < 4.78 is 0. The molecule has 28 heavy (non-hydrogen) atoms. The number of amides is 3. The number of nitrogens with one attached hydrogen (secondary N) is 2. The molecule has 6 nitrogen and oxygen atoms in total. The second kappa shape index (κ2) is 6.96. The van der Waals surface area contributed by atoms with Crippen LogP contribution in [-0.2, 0) is 11.2 Å². The summed E-state index contributed by atoms with van der Waals surface area (Å²) in [6.45, 7) is 3.69. The van der Waals surface area contributed by atoms with Crippen LogP contribution in [0.1, 0.15) is 30.2 Å². The van der Waals surface area contributed by atoms with Crippen LogP contribution in [-0.4, -0.2) is 33.7 Å². The molecule has 1 aliphatic rings. The highest BCUT2D eigenvalue weighted by Crippen LogP contribution is 2.25. The van der Waals surface area contributed by atoms with Crippen LogP contribution in [0.25, 0.3) is 10.9 Å². The molecule has 2 N–H and O–H groups in total. The van der Waals surface area contributed by atoms with Crippen molar-refractivity contribution in [1.29, 1.82) is 0 Å². The zero-order valence-corrected chi connectivity index (χ0v) is 15.9. The number of aromatic amines is 1. The number of carbonyl (C=O) groups is 2. The SMILES string of the molecule is Cc1[nH]c2ccccc2c1/C=N/N1C(=O)N[C@@](C)(CCc2ccccc2)C1=O. The molecule has 4 rings (SSSR count). The fourth-order valence-electron chi connectivity index (χ4n) is 3.56. The number of carbonyl (C=O) groups excluding carboxylic acids is 2. The summed E-state index contributed by atoms with van der Waals surface area (Å²) in [7, 11) is 0. The minimum atomic E-state index is -0.959. The van der Waals surface area contributed by atoms with Gasteiger partial charge in [0.2, 0.25) is 0 Å². The summed E-state index contributed by atoms with van der Waals surface area (Å²) in [6, 6.07) is 17.3. The Bertz CT molecular complexity index is 1070. The predicted octanol–water partition coefficient (Wildman–Crippen LogP) is 3.75. The third-order valence-electron chi connectivity index (χ3n) is 5.24. The third-order valence-corrected chi connectivity index (χ3v) is 5.24. The molecule has 0 aliphatic carbocycles. The maximum atomic E-state index is 12.9. The molecule has 0 radical (unpaired) electrons. The van der Waals surface area contributed by atoms with Crippen LogP contribution in [0.2, 0.25) is 0 Å². The number of hydrogen-bond donors (Lipinski definition) is 2. The Labute approximate surface area is 163 Å². The first-order valence-corrected chi connectivity index (χ1v) is 9.30. The molecule has 0 unspecified atom stereocenters. The number of para-hydroxylation sites is 1. The number of aryl methyl sites for hydroxylation is 2. The molecule has 0 bridgehead atoms. The van der Waals surface area contributed by atoms with E-state index >= 15 is 0 Å². The maximum Gasteiger partial charge on any atom is 0.346 e. The topological polar surface area (TPSA) is 77.6 Å². The first-order chi connectivity index (χ1) is 13.5. The van der Waals surface area contributed by atoms with Crippen LogP contribution in [0.5, 0.6) is 0 Å². The molecule has 1 atom stereocenters. The molecule has 6 heteroatoms. The number of hydrogen-bond acceptors (Lipinski definition) is 3. The van der Waals surface area contributed by atoms with Crippen molar-refractivity contribution in [3.8, 4) is 0 Å². The van der Waals surface area contributed by atoms with Gasteiger partial charge in [-0.15, -0.1) is 5.01 Å². The zero-order valence-electron chi connectivity index (χ0n) is 15.9. The van der Waals surface area contributed by atoms with E-state index in [1.54, 1.807) is 13.1 Å². The molecule has 1 saturated heterocycles. The normalized spacial score (nSPS) is 19.7. The molecular weight excluding hydrogens is 352 g/mol. The van der Waals surface area contributed by atoms with Crippen molar-refractivity contribution in [3.63, 3.8) is 0 Å². The van der Waals surface area contributed by atoms with Gasteiger partial charge in [-0.25, -0.2) is 4.79 Å². The minimum Gasteiger partial charge on any atom is -0.358 e. The van der Waals surface area contributed by atoms with E-state index in [4.69, 9.17) is 0 Å². The molecule has 1 aliphatic heterocycles. The number of nitrogens with zero attached hydrogens (tertiary/aromatic N) is 2. The minimum absolute atomic E-state index is 0.331. The van der Waals surface area contributed by atoms with Crippen molar-refractivity contribution in [2.24, 2.45) is 5.10 Å². The number of imide groups is 1. The summed E-state index contributed by atoms with van der Waals surface area (Å²) in [4.78, 5) is 28.6. The monoisotopic (exact) mass is 374 g/mol. The lowest BCUT2D eigenvalue weighted by Crippen LogP contribution is -2.44. The fourth-order valence-corrected chi connectivity index (χ4v) is 3.56. The maximum absolute atomic E-state index is 12.9. The Balaban J connectivity index is 1.54. The first kappa shape index (κ1) is 18.0. The van der Waals surface area contributed by atoms with Gasteiger partial charge in [-0.3, -0.25) is 4.79 Å². The van der Waals surface area contributed by atoms with Crippen molar-refractivity contribution >= 4 is 29.1 Å². The van der Waals surface area contributed by atoms with E-state index in [-0.39, 0.29) is 5.91 Å². The van der Waals surface area contributed by atoms with E-state index in [1.165, 1.54) is 0 Å². The molecular formula is C22H22N4O2. The Hall–Kier alpha value is -3.41. The van der Waals surface area contributed by atoms with Crippen LogP contribution < -0.4 is 5.32 Å². The van der Waals surface area contributed by atoms with Crippen molar-refractivity contribution in [2.45, 2.75) is 32.2 Å². The Morgan fingerprint density at radius 1 is 1.07 bits per heavy atom. The molecule has 3 amide bonds. The molecule has 1 aromatic heterocycles. The lowest BCUT2D eigenvalue weighted by molar-refractivity contribution is -0.130. The first-order valence-electron chi connectivity index (χ1n) is 9.30. The third kappa shape index (κ3) is 3.17. The van der Waals surface area contributed by atoms with Gasteiger partial charge < -0.3 is 10.3 Å².